The van der Waals surface area contributed by atoms with Gasteiger partial charge in [-0.3, -0.25) is 14.9 Å². The maximum Gasteiger partial charge on any atom is 0.418 e. The highest BCUT2D eigenvalue weighted by Crippen LogP contribution is 2.47. The smallest absolute Gasteiger partial charge is 0.368 e. The number of nitrogens with two attached hydrogens (primary N) is 1. The van der Waals surface area contributed by atoms with Crippen LogP contribution >= 0.6 is 11.6 Å². The molecule has 1 aliphatic carbocycles. The number of nitrogens with zero attached hydrogens (tertiary/aromatic N) is 2. The summed E-state index contributed by atoms with van der Waals surface area (Å²) in [4.78, 5) is 24.0. The van der Waals surface area contributed by atoms with E-state index in [1.807, 2.05) is 0 Å². The Balaban J connectivity index is 2.15. The molecule has 142 valence electrons. The topological polar surface area (TPSA) is 89.5 Å². The second kappa shape index (κ2) is 6.61. The first-order valence-electron chi connectivity index (χ1n) is 8.24. The Hall–Kier alpha value is -2.03. The Morgan fingerprint density at radius 1 is 1.31 bits per heavy atom. The molecule has 0 bridgehead atoms. The van der Waals surface area contributed by atoms with Gasteiger partial charge in [-0.05, 0) is 31.2 Å². The molecule has 6 nitrogen and oxygen atoms in total. The Labute approximate surface area is 152 Å². The van der Waals surface area contributed by atoms with Crippen molar-refractivity contribution in [2.24, 2.45) is 11.7 Å². The van der Waals surface area contributed by atoms with E-state index < -0.39 is 39.3 Å². The van der Waals surface area contributed by atoms with Gasteiger partial charge >= 0.3 is 6.18 Å². The zero-order valence-electron chi connectivity index (χ0n) is 13.6. The number of amides is 1. The van der Waals surface area contributed by atoms with Gasteiger partial charge in [-0.15, -0.1) is 0 Å². The molecule has 1 aliphatic heterocycles. The lowest BCUT2D eigenvalue weighted by Gasteiger charge is -2.34. The summed E-state index contributed by atoms with van der Waals surface area (Å²) in [5.41, 5.74) is 3.41. The van der Waals surface area contributed by atoms with Crippen LogP contribution in [0.25, 0.3) is 0 Å². The minimum Gasteiger partial charge on any atom is -0.368 e. The van der Waals surface area contributed by atoms with Crippen molar-refractivity contribution in [2.75, 3.05) is 4.90 Å². The van der Waals surface area contributed by atoms with Crippen LogP contribution in [0.5, 0.6) is 0 Å². The maximum atomic E-state index is 13.1. The summed E-state index contributed by atoms with van der Waals surface area (Å²) >= 11 is 5.79. The van der Waals surface area contributed by atoms with Crippen LogP contribution in [0.1, 0.15) is 37.7 Å². The number of rotatable bonds is 3. The van der Waals surface area contributed by atoms with Crippen LogP contribution < -0.4 is 10.6 Å². The molecule has 2 aliphatic rings. The van der Waals surface area contributed by atoms with E-state index in [-0.39, 0.29) is 17.6 Å². The largest absolute Gasteiger partial charge is 0.418 e. The van der Waals surface area contributed by atoms with Crippen molar-refractivity contribution in [2.45, 2.75) is 50.4 Å². The summed E-state index contributed by atoms with van der Waals surface area (Å²) < 4.78 is 39.2. The predicted molar refractivity (Wildman–Crippen MR) is 88.9 cm³/mol. The van der Waals surface area contributed by atoms with Crippen LogP contribution in [0.3, 0.4) is 0 Å². The Morgan fingerprint density at radius 2 is 1.96 bits per heavy atom. The van der Waals surface area contributed by atoms with Crippen LogP contribution in [0, 0.1) is 16.0 Å². The number of hydrogen-bond donors (Lipinski definition) is 1. The van der Waals surface area contributed by atoms with E-state index in [1.54, 1.807) is 0 Å². The fourth-order valence-corrected chi connectivity index (χ4v) is 4.45. The quantitative estimate of drug-likeness (QED) is 0.625. The third-order valence-corrected chi connectivity index (χ3v) is 5.57. The molecule has 0 spiro atoms. The molecule has 26 heavy (non-hydrogen) atoms. The fraction of sp³-hybridized carbons (Fsp3) is 0.562. The van der Waals surface area contributed by atoms with Crippen molar-refractivity contribution in [3.63, 3.8) is 0 Å². The van der Waals surface area contributed by atoms with Gasteiger partial charge in [0, 0.05) is 12.1 Å². The van der Waals surface area contributed by atoms with Gasteiger partial charge < -0.3 is 10.6 Å². The lowest BCUT2D eigenvalue weighted by Crippen LogP contribution is -2.45. The van der Waals surface area contributed by atoms with Crippen molar-refractivity contribution < 1.29 is 22.9 Å². The summed E-state index contributed by atoms with van der Waals surface area (Å²) in [6, 6.07) is 0.406. The van der Waals surface area contributed by atoms with Gasteiger partial charge in [-0.25, -0.2) is 0 Å². The number of anilines is 1. The van der Waals surface area contributed by atoms with Gasteiger partial charge in [-0.1, -0.05) is 24.4 Å². The van der Waals surface area contributed by atoms with E-state index >= 15 is 0 Å². The average Bonchev–Trinajstić information content (AvgIpc) is 2.92. The number of halogens is 4. The summed E-state index contributed by atoms with van der Waals surface area (Å²) in [5, 5.41) is 10.8. The average molecular weight is 392 g/mol. The monoisotopic (exact) mass is 391 g/mol. The van der Waals surface area contributed by atoms with Crippen LogP contribution in [0.15, 0.2) is 12.1 Å². The molecule has 1 heterocycles. The molecule has 1 amide bonds. The van der Waals surface area contributed by atoms with Gasteiger partial charge in [-0.2, -0.15) is 13.2 Å². The molecule has 1 aromatic carbocycles. The molecule has 2 N–H and O–H groups in total. The van der Waals surface area contributed by atoms with Crippen molar-refractivity contribution >= 4 is 28.9 Å². The molecular weight excluding hydrogens is 375 g/mol. The highest BCUT2D eigenvalue weighted by atomic mass is 35.5. The summed E-state index contributed by atoms with van der Waals surface area (Å²) in [7, 11) is 0. The highest BCUT2D eigenvalue weighted by molar-refractivity contribution is 6.32. The summed E-state index contributed by atoms with van der Waals surface area (Å²) in [5.74, 6) is -0.522. The molecule has 3 unspecified atom stereocenters. The lowest BCUT2D eigenvalue weighted by molar-refractivity contribution is -0.384. The number of nitro groups is 1. The van der Waals surface area contributed by atoms with Crippen molar-refractivity contribution in [3.05, 3.63) is 32.8 Å². The van der Waals surface area contributed by atoms with Gasteiger partial charge in [0.1, 0.15) is 11.7 Å². The Bertz CT molecular complexity index is 756. The first-order chi connectivity index (χ1) is 12.1. The van der Waals surface area contributed by atoms with Gasteiger partial charge in [0.05, 0.1) is 15.5 Å². The number of fused-ring (bicyclic) bond motifs is 1. The molecule has 1 saturated heterocycles. The SMILES string of the molecule is NC(=O)C1CC2CCCCC2N1c1cc(Cl)c(C(F)(F)F)cc1[N+](=O)[O-]. The molecule has 1 aromatic rings. The first kappa shape index (κ1) is 18.8. The van der Waals surface area contributed by atoms with Crippen LogP contribution in [0.2, 0.25) is 5.02 Å². The van der Waals surface area contributed by atoms with Crippen LogP contribution in [0.4, 0.5) is 24.5 Å². The van der Waals surface area contributed by atoms with E-state index in [1.165, 1.54) is 4.90 Å². The number of primary amides is 1. The highest BCUT2D eigenvalue weighted by Gasteiger charge is 2.47. The molecule has 3 rings (SSSR count). The predicted octanol–water partition coefficient (Wildman–Crippen LogP) is 3.89. The van der Waals surface area contributed by atoms with E-state index in [0.29, 0.717) is 18.9 Å². The normalized spacial score (nSPS) is 25.8. The Morgan fingerprint density at radius 3 is 2.54 bits per heavy atom. The number of carbonyl (C=O) groups is 1. The van der Waals surface area contributed by atoms with E-state index in [4.69, 9.17) is 17.3 Å². The molecule has 1 saturated carbocycles. The van der Waals surface area contributed by atoms with Crippen LogP contribution in [-0.2, 0) is 11.0 Å². The minimum absolute atomic E-state index is 0.0776. The zero-order valence-corrected chi connectivity index (χ0v) is 14.4. The van der Waals surface area contributed by atoms with Gasteiger partial charge in [0.15, 0.2) is 0 Å². The number of alkyl halides is 3. The molecule has 0 radical (unpaired) electrons. The van der Waals surface area contributed by atoms with Crippen molar-refractivity contribution in [1.29, 1.82) is 0 Å². The van der Waals surface area contributed by atoms with Gasteiger partial charge in [0.25, 0.3) is 5.69 Å². The molecule has 10 heteroatoms. The molecule has 0 aromatic heterocycles. The minimum atomic E-state index is -4.82. The molecule has 2 fully saturated rings. The Kier molecular flexibility index (Phi) is 4.76. The standard InChI is InChI=1S/C16H17ClF3N3O3/c17-10-7-12(13(23(25)26)6-9(10)16(18,19)20)22-11-4-2-1-3-8(11)5-14(22)15(21)24/h6-8,11,14H,1-5H2,(H2,21,24). The van der Waals surface area contributed by atoms with Crippen molar-refractivity contribution in [1.82, 2.24) is 0 Å². The summed E-state index contributed by atoms with van der Waals surface area (Å²) in [6.07, 6.45) is -0.962. The van der Waals surface area contributed by atoms with Gasteiger partial charge in [0.2, 0.25) is 5.91 Å². The number of carbonyl (C=O) groups excluding carboxylic acids is 1. The number of nitro benzene ring substituents is 1. The first-order valence-corrected chi connectivity index (χ1v) is 8.62. The molecule has 3 atom stereocenters. The lowest BCUT2D eigenvalue weighted by atomic mass is 9.84. The van der Waals surface area contributed by atoms with Crippen molar-refractivity contribution in [3.8, 4) is 0 Å². The maximum absolute atomic E-state index is 13.1. The zero-order chi connectivity index (χ0) is 19.2. The third kappa shape index (κ3) is 3.20. The fourth-order valence-electron chi connectivity index (χ4n) is 4.18. The van der Waals surface area contributed by atoms with Crippen LogP contribution in [-0.4, -0.2) is 22.9 Å². The second-order valence-corrected chi connectivity index (χ2v) is 7.16. The number of hydrogen-bond acceptors (Lipinski definition) is 4. The second-order valence-electron chi connectivity index (χ2n) is 6.75. The third-order valence-electron chi connectivity index (χ3n) is 5.26. The van der Waals surface area contributed by atoms with E-state index in [0.717, 1.165) is 25.3 Å². The van der Waals surface area contributed by atoms with E-state index in [9.17, 15) is 28.1 Å². The van der Waals surface area contributed by atoms with E-state index in [2.05, 4.69) is 0 Å². The summed E-state index contributed by atoms with van der Waals surface area (Å²) in [6.45, 7) is 0. The molecular formula is C16H17ClF3N3O3. The number of benzene rings is 1.